The Kier molecular flexibility index (Phi) is 7.78. The average Bonchev–Trinajstić information content (AvgIpc) is 3.20. The highest BCUT2D eigenvalue weighted by Crippen LogP contribution is 2.35. The highest BCUT2D eigenvalue weighted by atomic mass is 32.2. The van der Waals surface area contributed by atoms with E-state index in [4.69, 9.17) is 4.74 Å². The molecule has 0 unspecified atom stereocenters. The van der Waals surface area contributed by atoms with Crippen LogP contribution in [0.1, 0.15) is 27.7 Å². The van der Waals surface area contributed by atoms with E-state index in [9.17, 15) is 8.42 Å². The molecule has 2 heterocycles. The molecule has 5 nitrogen and oxygen atoms in total. The van der Waals surface area contributed by atoms with E-state index in [2.05, 4.69) is 11.6 Å². The van der Waals surface area contributed by atoms with Crippen LogP contribution in [0.5, 0.6) is 5.75 Å². The monoisotopic (exact) mass is 424 g/mol. The Morgan fingerprint density at radius 1 is 1.07 bits per heavy atom. The number of benzene rings is 1. The maximum atomic E-state index is 13.2. The van der Waals surface area contributed by atoms with Gasteiger partial charge in [-0.25, -0.2) is 17.4 Å². The van der Waals surface area contributed by atoms with Gasteiger partial charge >= 0.3 is 0 Å². The maximum Gasteiger partial charge on any atom is 0.269 e. The standard InChI is InChI=1S/C22H22N2O3S.C2H6/c1-5-17(11-10-16(2)3)28(25,26)24-15-13-20-18(12-14-23-22(20)24)19-8-6-7-9-21(19)27-4;1-2/h5-15H,1H2,2-4H3;1-2H3/b17-11+;. The summed E-state index contributed by atoms with van der Waals surface area (Å²) >= 11 is 0. The molecule has 3 rings (SSSR count). The SMILES string of the molecule is C=C/C(=C\C=C(C)C)S(=O)(=O)n1ccc2c(-c3ccccc3OC)ccnc21.CC. The summed E-state index contributed by atoms with van der Waals surface area (Å²) in [7, 11) is -2.21. The zero-order valence-electron chi connectivity index (χ0n) is 18.1. The number of nitrogens with zero attached hydrogens (tertiary/aromatic N) is 2. The third-order valence-corrected chi connectivity index (χ3v) is 6.00. The van der Waals surface area contributed by atoms with Gasteiger partial charge in [0.05, 0.1) is 12.0 Å². The van der Waals surface area contributed by atoms with Crippen LogP contribution in [-0.2, 0) is 10.0 Å². The van der Waals surface area contributed by atoms with Crippen molar-refractivity contribution in [1.82, 2.24) is 8.96 Å². The molecule has 0 fully saturated rings. The second-order valence-corrected chi connectivity index (χ2v) is 8.24. The fourth-order valence-corrected chi connectivity index (χ4v) is 4.20. The van der Waals surface area contributed by atoms with E-state index in [1.165, 1.54) is 16.2 Å². The first-order valence-electron chi connectivity index (χ1n) is 9.72. The molecule has 0 aliphatic carbocycles. The van der Waals surface area contributed by atoms with Crippen molar-refractivity contribution in [3.8, 4) is 16.9 Å². The van der Waals surface area contributed by atoms with Crippen molar-refractivity contribution < 1.29 is 13.2 Å². The molecule has 0 amide bonds. The van der Waals surface area contributed by atoms with E-state index in [0.29, 0.717) is 11.4 Å². The number of methoxy groups -OCH3 is 1. The van der Waals surface area contributed by atoms with Gasteiger partial charge in [0.25, 0.3) is 10.0 Å². The molecule has 0 atom stereocenters. The van der Waals surface area contributed by atoms with Crippen LogP contribution in [0.4, 0.5) is 0 Å². The summed E-state index contributed by atoms with van der Waals surface area (Å²) in [6.07, 6.45) is 7.75. The number of fused-ring (bicyclic) bond motifs is 1. The minimum absolute atomic E-state index is 0.107. The van der Waals surface area contributed by atoms with Crippen LogP contribution >= 0.6 is 0 Å². The quantitative estimate of drug-likeness (QED) is 0.459. The predicted molar refractivity (Wildman–Crippen MR) is 125 cm³/mol. The Balaban J connectivity index is 0.00000155. The van der Waals surface area contributed by atoms with Crippen LogP contribution in [0.25, 0.3) is 22.2 Å². The number of hydrogen-bond donors (Lipinski definition) is 0. The lowest BCUT2D eigenvalue weighted by Gasteiger charge is -2.10. The van der Waals surface area contributed by atoms with Gasteiger partial charge in [0, 0.05) is 23.3 Å². The van der Waals surface area contributed by atoms with Crippen LogP contribution in [0.2, 0.25) is 0 Å². The molecule has 3 aromatic rings. The summed E-state index contributed by atoms with van der Waals surface area (Å²) in [5.74, 6) is 0.709. The van der Waals surface area contributed by atoms with Gasteiger partial charge in [0.2, 0.25) is 0 Å². The van der Waals surface area contributed by atoms with Crippen molar-refractivity contribution in [2.75, 3.05) is 7.11 Å². The molecular weight excluding hydrogens is 396 g/mol. The highest BCUT2D eigenvalue weighted by molar-refractivity contribution is 7.94. The molecule has 2 aromatic heterocycles. The van der Waals surface area contributed by atoms with Crippen LogP contribution in [0.3, 0.4) is 0 Å². The lowest BCUT2D eigenvalue weighted by molar-refractivity contribution is 0.416. The van der Waals surface area contributed by atoms with Crippen molar-refractivity contribution in [2.45, 2.75) is 27.7 Å². The van der Waals surface area contributed by atoms with Crippen molar-refractivity contribution in [3.05, 3.63) is 84.1 Å². The first kappa shape index (κ1) is 23.2. The number of allylic oxidation sites excluding steroid dienone is 4. The lowest BCUT2D eigenvalue weighted by Crippen LogP contribution is -2.13. The van der Waals surface area contributed by atoms with E-state index >= 15 is 0 Å². The molecular formula is C24H28N2O3S. The molecule has 0 saturated heterocycles. The molecule has 1 aromatic carbocycles. The Bertz CT molecular complexity index is 1200. The molecule has 0 saturated carbocycles. The summed E-state index contributed by atoms with van der Waals surface area (Å²) < 4.78 is 32.9. The Morgan fingerprint density at radius 2 is 1.77 bits per heavy atom. The van der Waals surface area contributed by atoms with Crippen LogP contribution in [-0.4, -0.2) is 24.5 Å². The predicted octanol–water partition coefficient (Wildman–Crippen LogP) is 5.95. The second kappa shape index (κ2) is 10.1. The first-order valence-corrected chi connectivity index (χ1v) is 11.2. The van der Waals surface area contributed by atoms with Gasteiger partial charge in [-0.3, -0.25) is 0 Å². The summed E-state index contributed by atoms with van der Waals surface area (Å²) in [4.78, 5) is 4.43. The van der Waals surface area contributed by atoms with Crippen LogP contribution in [0.15, 0.2) is 84.1 Å². The summed E-state index contributed by atoms with van der Waals surface area (Å²) in [5, 5.41) is 0.723. The lowest BCUT2D eigenvalue weighted by atomic mass is 10.0. The third-order valence-electron chi connectivity index (χ3n) is 4.29. The third kappa shape index (κ3) is 4.54. The largest absolute Gasteiger partial charge is 0.496 e. The fourth-order valence-electron chi connectivity index (χ4n) is 2.93. The van der Waals surface area contributed by atoms with Crippen molar-refractivity contribution >= 4 is 21.1 Å². The molecule has 0 spiro atoms. The first-order chi connectivity index (χ1) is 14.4. The second-order valence-electron chi connectivity index (χ2n) is 6.43. The van der Waals surface area contributed by atoms with Gasteiger partial charge in [0.15, 0.2) is 5.65 Å². The number of pyridine rings is 1. The highest BCUT2D eigenvalue weighted by Gasteiger charge is 2.21. The minimum Gasteiger partial charge on any atom is -0.496 e. The van der Waals surface area contributed by atoms with Gasteiger partial charge in [-0.05, 0) is 49.8 Å². The number of hydrogen-bond acceptors (Lipinski definition) is 4. The maximum absolute atomic E-state index is 13.2. The topological polar surface area (TPSA) is 61.2 Å². The number of para-hydroxylation sites is 1. The number of ether oxygens (including phenoxy) is 1. The summed E-state index contributed by atoms with van der Waals surface area (Å²) in [6, 6.07) is 11.2. The van der Waals surface area contributed by atoms with E-state index in [1.54, 1.807) is 31.5 Å². The molecule has 30 heavy (non-hydrogen) atoms. The zero-order valence-corrected chi connectivity index (χ0v) is 18.9. The van der Waals surface area contributed by atoms with E-state index in [1.807, 2.05) is 58.0 Å². The van der Waals surface area contributed by atoms with Crippen molar-refractivity contribution in [1.29, 1.82) is 0 Å². The van der Waals surface area contributed by atoms with Crippen LogP contribution in [0, 0.1) is 0 Å². The van der Waals surface area contributed by atoms with Gasteiger partial charge in [-0.2, -0.15) is 0 Å². The van der Waals surface area contributed by atoms with Crippen molar-refractivity contribution in [2.24, 2.45) is 0 Å². The Labute approximate surface area is 179 Å². The van der Waals surface area contributed by atoms with Gasteiger partial charge in [-0.15, -0.1) is 0 Å². The van der Waals surface area contributed by atoms with E-state index in [0.717, 1.165) is 22.1 Å². The van der Waals surface area contributed by atoms with E-state index < -0.39 is 10.0 Å². The van der Waals surface area contributed by atoms with Gasteiger partial charge < -0.3 is 4.74 Å². The molecule has 0 aliphatic heterocycles. The normalized spacial score (nSPS) is 11.4. The van der Waals surface area contributed by atoms with E-state index in [-0.39, 0.29) is 4.91 Å². The molecule has 0 aliphatic rings. The van der Waals surface area contributed by atoms with Gasteiger partial charge in [0.1, 0.15) is 5.75 Å². The molecule has 158 valence electrons. The Hall–Kier alpha value is -3.12. The summed E-state index contributed by atoms with van der Waals surface area (Å²) in [6.45, 7) is 11.5. The smallest absolute Gasteiger partial charge is 0.269 e. The average molecular weight is 425 g/mol. The molecule has 0 radical (unpaired) electrons. The molecule has 0 bridgehead atoms. The fraction of sp³-hybridized carbons (Fsp3) is 0.208. The summed E-state index contributed by atoms with van der Waals surface area (Å²) in [5.41, 5.74) is 3.07. The molecule has 0 N–H and O–H groups in total. The number of rotatable bonds is 6. The zero-order chi connectivity index (χ0) is 22.3. The van der Waals surface area contributed by atoms with Crippen LogP contribution < -0.4 is 4.74 Å². The number of aromatic nitrogens is 2. The Morgan fingerprint density at radius 3 is 2.40 bits per heavy atom. The molecule has 6 heteroatoms. The minimum atomic E-state index is -3.82. The van der Waals surface area contributed by atoms with Gasteiger partial charge in [-0.1, -0.05) is 50.3 Å². The van der Waals surface area contributed by atoms with Crippen molar-refractivity contribution in [3.63, 3.8) is 0 Å².